The largest absolute Gasteiger partial charge is 0.466 e. The molecule has 0 saturated heterocycles. The van der Waals surface area contributed by atoms with Crippen LogP contribution in [0.25, 0.3) is 0 Å². The minimum atomic E-state index is -0.233. The Bertz CT molecular complexity index is 385. The Hall–Kier alpha value is -1.06. The van der Waals surface area contributed by atoms with Crippen molar-refractivity contribution < 1.29 is 19.1 Å². The highest BCUT2D eigenvalue weighted by molar-refractivity contribution is 5.72. The molecule has 0 aliphatic carbocycles. The zero-order valence-electron chi connectivity index (χ0n) is 19.2. The molecule has 0 spiro atoms. The number of ether oxygens (including phenoxy) is 2. The Balaban J connectivity index is 3.32. The third-order valence-corrected chi connectivity index (χ3v) is 4.69. The van der Waals surface area contributed by atoms with E-state index in [1.165, 1.54) is 64.2 Å². The van der Waals surface area contributed by atoms with Crippen molar-refractivity contribution in [2.75, 3.05) is 13.2 Å². The van der Waals surface area contributed by atoms with Crippen LogP contribution < -0.4 is 0 Å². The second-order valence-corrected chi connectivity index (χ2v) is 9.18. The molecule has 0 aliphatic heterocycles. The molecule has 0 fully saturated rings. The molecule has 4 heteroatoms. The second-order valence-electron chi connectivity index (χ2n) is 9.18. The van der Waals surface area contributed by atoms with E-state index in [1.54, 1.807) is 0 Å². The van der Waals surface area contributed by atoms with Gasteiger partial charge in [-0.25, -0.2) is 0 Å². The van der Waals surface area contributed by atoms with Crippen LogP contribution >= 0.6 is 0 Å². The fourth-order valence-corrected chi connectivity index (χ4v) is 2.95. The topological polar surface area (TPSA) is 52.6 Å². The third-order valence-electron chi connectivity index (χ3n) is 4.69. The van der Waals surface area contributed by atoms with E-state index in [-0.39, 0.29) is 23.8 Å². The summed E-state index contributed by atoms with van der Waals surface area (Å²) in [6, 6.07) is 0. The zero-order chi connectivity index (χ0) is 21.1. The highest BCUT2D eigenvalue weighted by atomic mass is 16.5. The molecule has 0 saturated carbocycles. The number of carbonyl (C=O) groups is 2. The van der Waals surface area contributed by atoms with Crippen molar-refractivity contribution in [2.24, 2.45) is 5.41 Å². The van der Waals surface area contributed by atoms with E-state index >= 15 is 0 Å². The normalized spacial score (nSPS) is 11.4. The predicted octanol–water partition coefficient (Wildman–Crippen LogP) is 6.99. The van der Waals surface area contributed by atoms with E-state index in [1.807, 2.05) is 20.8 Å². The minimum absolute atomic E-state index is 0.0250. The Morgan fingerprint density at radius 1 is 0.607 bits per heavy atom. The first kappa shape index (κ1) is 26.9. The van der Waals surface area contributed by atoms with E-state index < -0.39 is 0 Å². The van der Waals surface area contributed by atoms with E-state index in [0.29, 0.717) is 26.1 Å². The average Bonchev–Trinajstić information content (AvgIpc) is 2.63. The van der Waals surface area contributed by atoms with Crippen molar-refractivity contribution in [3.63, 3.8) is 0 Å². The molecule has 0 aromatic rings. The fraction of sp³-hybridized carbons (Fsp3) is 0.917. The molecule has 0 rings (SSSR count). The molecule has 0 aromatic heterocycles. The molecule has 0 unspecified atom stereocenters. The lowest BCUT2D eigenvalue weighted by atomic mass is 9.99. The lowest BCUT2D eigenvalue weighted by Crippen LogP contribution is -2.18. The van der Waals surface area contributed by atoms with Crippen LogP contribution in [-0.4, -0.2) is 25.2 Å². The summed E-state index contributed by atoms with van der Waals surface area (Å²) in [5, 5.41) is 0. The van der Waals surface area contributed by atoms with Crippen molar-refractivity contribution in [3.05, 3.63) is 0 Å². The molecule has 0 bridgehead atoms. The maximum atomic E-state index is 11.7. The van der Waals surface area contributed by atoms with Gasteiger partial charge >= 0.3 is 11.9 Å². The molecular formula is C24H46O4. The van der Waals surface area contributed by atoms with Crippen LogP contribution in [-0.2, 0) is 19.1 Å². The van der Waals surface area contributed by atoms with Crippen LogP contribution in [0.3, 0.4) is 0 Å². The van der Waals surface area contributed by atoms with Crippen molar-refractivity contribution in [3.8, 4) is 0 Å². The van der Waals surface area contributed by atoms with Crippen LogP contribution in [0, 0.1) is 5.41 Å². The number of rotatable bonds is 18. The highest BCUT2D eigenvalue weighted by Gasteiger charge is 2.14. The summed E-state index contributed by atoms with van der Waals surface area (Å²) in [4.78, 5) is 23.3. The van der Waals surface area contributed by atoms with E-state index in [9.17, 15) is 9.59 Å². The van der Waals surface area contributed by atoms with Crippen molar-refractivity contribution in [1.82, 2.24) is 0 Å². The average molecular weight is 399 g/mol. The summed E-state index contributed by atoms with van der Waals surface area (Å²) >= 11 is 0. The fourth-order valence-electron chi connectivity index (χ4n) is 2.95. The predicted molar refractivity (Wildman–Crippen MR) is 116 cm³/mol. The Morgan fingerprint density at radius 2 is 1.04 bits per heavy atom. The third kappa shape index (κ3) is 21.2. The molecule has 0 radical (unpaired) electrons. The highest BCUT2D eigenvalue weighted by Crippen LogP contribution is 2.14. The summed E-state index contributed by atoms with van der Waals surface area (Å²) < 4.78 is 10.4. The standard InChI is InChI=1S/C24H46O4/c1-5-6-7-8-9-10-11-12-13-14-15-16-20-27-22(25)18-17-19-23(26)28-21-24(2,3)4/h5-21H2,1-4H3. The van der Waals surface area contributed by atoms with Gasteiger partial charge in [-0.3, -0.25) is 9.59 Å². The van der Waals surface area contributed by atoms with Gasteiger partial charge in [-0.2, -0.15) is 0 Å². The summed E-state index contributed by atoms with van der Waals surface area (Å²) in [7, 11) is 0. The van der Waals surface area contributed by atoms with E-state index in [4.69, 9.17) is 9.47 Å². The van der Waals surface area contributed by atoms with Gasteiger partial charge < -0.3 is 9.47 Å². The van der Waals surface area contributed by atoms with Gasteiger partial charge in [0.2, 0.25) is 0 Å². The minimum Gasteiger partial charge on any atom is -0.466 e. The first-order valence-electron chi connectivity index (χ1n) is 11.7. The molecule has 0 amide bonds. The zero-order valence-corrected chi connectivity index (χ0v) is 19.2. The molecule has 4 nitrogen and oxygen atoms in total. The Morgan fingerprint density at radius 3 is 1.50 bits per heavy atom. The van der Waals surface area contributed by atoms with Gasteiger partial charge in [-0.05, 0) is 18.3 Å². The van der Waals surface area contributed by atoms with Crippen LogP contribution in [0.4, 0.5) is 0 Å². The van der Waals surface area contributed by atoms with Gasteiger partial charge in [0.25, 0.3) is 0 Å². The van der Waals surface area contributed by atoms with Crippen LogP contribution in [0.5, 0.6) is 0 Å². The van der Waals surface area contributed by atoms with Crippen LogP contribution in [0.2, 0.25) is 0 Å². The van der Waals surface area contributed by atoms with Crippen LogP contribution in [0.1, 0.15) is 124 Å². The molecule has 0 heterocycles. The lowest BCUT2D eigenvalue weighted by molar-refractivity contribution is -0.147. The molecule has 0 N–H and O–H groups in total. The lowest BCUT2D eigenvalue weighted by Gasteiger charge is -2.17. The van der Waals surface area contributed by atoms with Gasteiger partial charge in [-0.1, -0.05) is 98.3 Å². The van der Waals surface area contributed by atoms with E-state index in [2.05, 4.69) is 6.92 Å². The summed E-state index contributed by atoms with van der Waals surface area (Å²) in [5.41, 5.74) is -0.0250. The molecule has 0 aliphatic rings. The first-order valence-corrected chi connectivity index (χ1v) is 11.7. The number of hydrogen-bond donors (Lipinski definition) is 0. The van der Waals surface area contributed by atoms with Gasteiger partial charge in [0.1, 0.15) is 0 Å². The van der Waals surface area contributed by atoms with Crippen molar-refractivity contribution >= 4 is 11.9 Å². The summed E-state index contributed by atoms with van der Waals surface area (Å²) in [6.45, 7) is 9.24. The maximum Gasteiger partial charge on any atom is 0.305 e. The molecule has 28 heavy (non-hydrogen) atoms. The second kappa shape index (κ2) is 18.0. The van der Waals surface area contributed by atoms with Gasteiger partial charge in [-0.15, -0.1) is 0 Å². The summed E-state index contributed by atoms with van der Waals surface area (Å²) in [5.74, 6) is -0.435. The van der Waals surface area contributed by atoms with Crippen molar-refractivity contribution in [2.45, 2.75) is 124 Å². The van der Waals surface area contributed by atoms with Crippen molar-refractivity contribution in [1.29, 1.82) is 0 Å². The Kier molecular flexibility index (Phi) is 17.3. The number of carbonyl (C=O) groups excluding carboxylic acids is 2. The van der Waals surface area contributed by atoms with E-state index in [0.717, 1.165) is 12.8 Å². The quantitative estimate of drug-likeness (QED) is 0.184. The van der Waals surface area contributed by atoms with Gasteiger partial charge in [0.15, 0.2) is 0 Å². The monoisotopic (exact) mass is 398 g/mol. The summed E-state index contributed by atoms with van der Waals surface area (Å²) in [6.07, 6.45) is 16.6. The number of hydrogen-bond acceptors (Lipinski definition) is 4. The maximum absolute atomic E-state index is 11.7. The SMILES string of the molecule is CCCCCCCCCCCCCCOC(=O)CCCC(=O)OCC(C)(C)C. The number of unbranched alkanes of at least 4 members (excludes halogenated alkanes) is 11. The van der Waals surface area contributed by atoms with Crippen LogP contribution in [0.15, 0.2) is 0 Å². The molecular weight excluding hydrogens is 352 g/mol. The number of esters is 2. The van der Waals surface area contributed by atoms with Gasteiger partial charge in [0.05, 0.1) is 13.2 Å². The molecule has 0 aromatic carbocycles. The van der Waals surface area contributed by atoms with Gasteiger partial charge in [0, 0.05) is 12.8 Å². The first-order chi connectivity index (χ1) is 13.3. The smallest absolute Gasteiger partial charge is 0.305 e. The molecule has 166 valence electrons. The Labute approximate surface area is 174 Å². The molecule has 0 atom stereocenters.